The Morgan fingerprint density at radius 3 is 2.95 bits per heavy atom. The second-order valence-corrected chi connectivity index (χ2v) is 5.49. The minimum Gasteiger partial charge on any atom is -0.481 e. The molecule has 0 aliphatic heterocycles. The number of aliphatic carboxylic acids is 1. The number of halogens is 1. The van der Waals surface area contributed by atoms with Crippen LogP contribution in [0.4, 0.5) is 0 Å². The van der Waals surface area contributed by atoms with Crippen LogP contribution >= 0.6 is 11.6 Å². The van der Waals surface area contributed by atoms with Crippen LogP contribution in [0.15, 0.2) is 18.2 Å². The van der Waals surface area contributed by atoms with Crippen molar-refractivity contribution in [3.05, 3.63) is 29.0 Å². The van der Waals surface area contributed by atoms with Crippen LogP contribution in [-0.2, 0) is 22.5 Å². The number of carboxylic acid groups (broad SMARTS) is 1. The third-order valence-corrected chi connectivity index (χ3v) is 3.77. The molecule has 0 atom stereocenters. The van der Waals surface area contributed by atoms with Gasteiger partial charge in [-0.2, -0.15) is 0 Å². The van der Waals surface area contributed by atoms with Crippen LogP contribution < -0.4 is 0 Å². The quantitative estimate of drug-likeness (QED) is 0.717. The summed E-state index contributed by atoms with van der Waals surface area (Å²) in [5.74, 6) is 0.109. The van der Waals surface area contributed by atoms with Crippen molar-refractivity contribution in [2.75, 3.05) is 13.2 Å². The molecule has 0 fully saturated rings. The summed E-state index contributed by atoms with van der Waals surface area (Å²) >= 11 is 6.31. The summed E-state index contributed by atoms with van der Waals surface area (Å²) in [4.78, 5) is 15.3. The number of carboxylic acids is 1. The van der Waals surface area contributed by atoms with Crippen LogP contribution in [-0.4, -0.2) is 33.8 Å². The molecule has 1 N–H and O–H groups in total. The Hall–Kier alpha value is -1.59. The van der Waals surface area contributed by atoms with Crippen LogP contribution in [0.5, 0.6) is 0 Å². The van der Waals surface area contributed by atoms with Gasteiger partial charge in [0.05, 0.1) is 16.1 Å². The van der Waals surface area contributed by atoms with Crippen LogP contribution in [0.3, 0.4) is 0 Å². The fourth-order valence-corrected chi connectivity index (χ4v) is 2.76. The van der Waals surface area contributed by atoms with Gasteiger partial charge in [0.2, 0.25) is 0 Å². The largest absolute Gasteiger partial charge is 0.481 e. The lowest BCUT2D eigenvalue weighted by molar-refractivity contribution is -0.137. The van der Waals surface area contributed by atoms with Gasteiger partial charge in [0.25, 0.3) is 0 Å². The number of hydrogen-bond donors (Lipinski definition) is 1. The highest BCUT2D eigenvalue weighted by Gasteiger charge is 2.13. The zero-order chi connectivity index (χ0) is 15.9. The van der Waals surface area contributed by atoms with Crippen molar-refractivity contribution in [3.8, 4) is 0 Å². The Morgan fingerprint density at radius 1 is 1.41 bits per heavy atom. The average molecular weight is 325 g/mol. The summed E-state index contributed by atoms with van der Waals surface area (Å²) in [5, 5.41) is 9.45. The molecule has 120 valence electrons. The molecule has 1 aromatic heterocycles. The molecule has 1 heterocycles. The lowest BCUT2D eigenvalue weighted by Crippen LogP contribution is -2.08. The van der Waals surface area contributed by atoms with E-state index in [9.17, 15) is 4.79 Å². The van der Waals surface area contributed by atoms with Crippen molar-refractivity contribution < 1.29 is 14.6 Å². The molecular formula is C16H21ClN2O3. The van der Waals surface area contributed by atoms with Gasteiger partial charge in [-0.15, -0.1) is 0 Å². The molecule has 22 heavy (non-hydrogen) atoms. The van der Waals surface area contributed by atoms with E-state index in [1.54, 1.807) is 0 Å². The minimum absolute atomic E-state index is 0.149. The van der Waals surface area contributed by atoms with E-state index in [1.807, 2.05) is 25.1 Å². The molecule has 5 nitrogen and oxygen atoms in total. The minimum atomic E-state index is -0.781. The number of aryl methyl sites for hydroxylation is 2. The van der Waals surface area contributed by atoms with Gasteiger partial charge in [0, 0.05) is 32.6 Å². The Balaban J connectivity index is 2.20. The molecule has 0 spiro atoms. The highest BCUT2D eigenvalue weighted by Crippen LogP contribution is 2.25. The second kappa shape index (κ2) is 8.15. The number of nitrogens with zero attached hydrogens (tertiary/aromatic N) is 2. The summed E-state index contributed by atoms with van der Waals surface area (Å²) in [6, 6.07) is 5.66. The van der Waals surface area contributed by atoms with Gasteiger partial charge in [-0.1, -0.05) is 17.7 Å². The Bertz CT molecular complexity index is 640. The van der Waals surface area contributed by atoms with Gasteiger partial charge in [0.15, 0.2) is 0 Å². The fraction of sp³-hybridized carbons (Fsp3) is 0.500. The molecule has 2 aromatic rings. The normalized spacial score (nSPS) is 11.2. The fourth-order valence-electron chi connectivity index (χ4n) is 2.49. The van der Waals surface area contributed by atoms with Gasteiger partial charge >= 0.3 is 5.97 Å². The SMILES string of the molecule is CCOCCCn1c(CCCC(=O)O)nc2cccc(Cl)c21. The lowest BCUT2D eigenvalue weighted by atomic mass is 10.2. The first-order chi connectivity index (χ1) is 10.6. The van der Waals surface area contributed by atoms with Gasteiger partial charge in [-0.25, -0.2) is 4.98 Å². The first kappa shape index (κ1) is 16.8. The van der Waals surface area contributed by atoms with E-state index in [-0.39, 0.29) is 6.42 Å². The number of para-hydroxylation sites is 1. The van der Waals surface area contributed by atoms with E-state index in [2.05, 4.69) is 9.55 Å². The Labute approximate surface area is 134 Å². The maximum absolute atomic E-state index is 10.7. The van der Waals surface area contributed by atoms with Crippen molar-refractivity contribution in [3.63, 3.8) is 0 Å². The van der Waals surface area contributed by atoms with Crippen LogP contribution in [0.1, 0.15) is 32.0 Å². The monoisotopic (exact) mass is 324 g/mol. The van der Waals surface area contributed by atoms with E-state index in [0.717, 1.165) is 29.8 Å². The third kappa shape index (κ3) is 4.21. The molecule has 0 saturated heterocycles. The third-order valence-electron chi connectivity index (χ3n) is 3.46. The molecule has 2 rings (SSSR count). The highest BCUT2D eigenvalue weighted by molar-refractivity contribution is 6.35. The van der Waals surface area contributed by atoms with Gasteiger partial charge in [-0.05, 0) is 31.9 Å². The maximum atomic E-state index is 10.7. The molecule has 0 aliphatic carbocycles. The van der Waals surface area contributed by atoms with E-state index in [0.29, 0.717) is 31.1 Å². The summed E-state index contributed by atoms with van der Waals surface area (Å²) in [7, 11) is 0. The van der Waals surface area contributed by atoms with Crippen molar-refractivity contribution in [1.29, 1.82) is 0 Å². The van der Waals surface area contributed by atoms with E-state index < -0.39 is 5.97 Å². The predicted molar refractivity (Wildman–Crippen MR) is 86.4 cm³/mol. The van der Waals surface area contributed by atoms with Crippen LogP contribution in [0, 0.1) is 0 Å². The molecule has 0 unspecified atom stereocenters. The predicted octanol–water partition coefficient (Wildman–Crippen LogP) is 3.52. The highest BCUT2D eigenvalue weighted by atomic mass is 35.5. The number of ether oxygens (including phenoxy) is 1. The maximum Gasteiger partial charge on any atom is 0.303 e. The molecule has 0 amide bonds. The topological polar surface area (TPSA) is 64.3 Å². The van der Waals surface area contributed by atoms with Crippen molar-refractivity contribution >= 4 is 28.6 Å². The number of benzene rings is 1. The zero-order valence-electron chi connectivity index (χ0n) is 12.7. The number of rotatable bonds is 9. The smallest absolute Gasteiger partial charge is 0.303 e. The first-order valence-corrected chi connectivity index (χ1v) is 7.94. The Morgan fingerprint density at radius 2 is 2.23 bits per heavy atom. The molecule has 1 aromatic carbocycles. The summed E-state index contributed by atoms with van der Waals surface area (Å²) in [5.41, 5.74) is 1.78. The van der Waals surface area contributed by atoms with Crippen LogP contribution in [0.25, 0.3) is 11.0 Å². The number of aromatic nitrogens is 2. The molecule has 0 aliphatic rings. The summed E-state index contributed by atoms with van der Waals surface area (Å²) < 4.78 is 7.48. The van der Waals surface area contributed by atoms with Gasteiger partial charge in [0.1, 0.15) is 5.82 Å². The molecular weight excluding hydrogens is 304 g/mol. The van der Waals surface area contributed by atoms with Crippen molar-refractivity contribution in [2.45, 2.75) is 39.2 Å². The van der Waals surface area contributed by atoms with E-state index >= 15 is 0 Å². The number of hydrogen-bond acceptors (Lipinski definition) is 3. The zero-order valence-corrected chi connectivity index (χ0v) is 13.5. The summed E-state index contributed by atoms with van der Waals surface area (Å²) in [6.45, 7) is 4.13. The average Bonchev–Trinajstić information content (AvgIpc) is 2.82. The van der Waals surface area contributed by atoms with E-state index in [4.69, 9.17) is 21.4 Å². The van der Waals surface area contributed by atoms with Gasteiger partial charge < -0.3 is 14.4 Å². The van der Waals surface area contributed by atoms with Crippen molar-refractivity contribution in [1.82, 2.24) is 9.55 Å². The molecule has 0 radical (unpaired) electrons. The molecule has 0 saturated carbocycles. The second-order valence-electron chi connectivity index (χ2n) is 5.09. The number of imidazole rings is 1. The van der Waals surface area contributed by atoms with Crippen LogP contribution in [0.2, 0.25) is 5.02 Å². The standard InChI is InChI=1S/C16H21ClN2O3/c1-2-22-11-5-10-19-14(8-4-9-15(20)21)18-13-7-3-6-12(17)16(13)19/h3,6-7H,2,4-5,8-11H2,1H3,(H,20,21). The summed E-state index contributed by atoms with van der Waals surface area (Å²) in [6.07, 6.45) is 2.22. The van der Waals surface area contributed by atoms with Crippen molar-refractivity contribution in [2.24, 2.45) is 0 Å². The molecule has 6 heteroatoms. The number of fused-ring (bicyclic) bond motifs is 1. The molecule has 0 bridgehead atoms. The van der Waals surface area contributed by atoms with Gasteiger partial charge in [-0.3, -0.25) is 4.79 Å². The first-order valence-electron chi connectivity index (χ1n) is 7.56. The van der Waals surface area contributed by atoms with E-state index in [1.165, 1.54) is 0 Å². The lowest BCUT2D eigenvalue weighted by Gasteiger charge is -2.10. The number of carbonyl (C=O) groups is 1. The Kier molecular flexibility index (Phi) is 6.21.